The van der Waals surface area contributed by atoms with Crippen molar-refractivity contribution >= 4 is 17.1 Å². The fraction of sp³-hybridized carbons (Fsp3) is 0.143. The summed E-state index contributed by atoms with van der Waals surface area (Å²) in [5, 5.41) is 16.9. The van der Waals surface area contributed by atoms with Crippen molar-refractivity contribution < 1.29 is 4.92 Å². The van der Waals surface area contributed by atoms with Crippen LogP contribution in [0.4, 0.5) is 17.1 Å². The van der Waals surface area contributed by atoms with Gasteiger partial charge < -0.3 is 10.6 Å². The predicted octanol–water partition coefficient (Wildman–Crippen LogP) is 3.25. The Bertz CT molecular complexity index is 570. The molecule has 0 radical (unpaired) electrons. The number of nitrogens with one attached hydrogen (secondary N) is 2. The molecule has 2 rings (SSSR count). The number of non-ortho nitro benzene ring substituents is 1. The molecule has 0 aliphatic heterocycles. The first-order valence-electron chi connectivity index (χ1n) is 5.94. The van der Waals surface area contributed by atoms with Crippen LogP contribution in [0.3, 0.4) is 0 Å². The third-order valence-corrected chi connectivity index (χ3v) is 2.76. The third kappa shape index (κ3) is 3.45. The quantitative estimate of drug-likeness (QED) is 0.637. The zero-order chi connectivity index (χ0) is 13.7. The van der Waals surface area contributed by atoms with Crippen LogP contribution in [0.25, 0.3) is 0 Å². The van der Waals surface area contributed by atoms with Crippen LogP contribution < -0.4 is 10.6 Å². The maximum atomic E-state index is 10.8. The Balaban J connectivity index is 2.15. The lowest BCUT2D eigenvalue weighted by atomic mass is 10.2. The van der Waals surface area contributed by atoms with Crippen molar-refractivity contribution in [1.82, 2.24) is 0 Å². The summed E-state index contributed by atoms with van der Waals surface area (Å²) in [6.45, 7) is 0.630. The van der Waals surface area contributed by atoms with E-state index in [0.29, 0.717) is 12.2 Å². The van der Waals surface area contributed by atoms with Crippen LogP contribution >= 0.6 is 0 Å². The highest BCUT2D eigenvalue weighted by molar-refractivity contribution is 5.63. The van der Waals surface area contributed by atoms with Gasteiger partial charge in [-0.3, -0.25) is 10.1 Å². The van der Waals surface area contributed by atoms with E-state index in [1.54, 1.807) is 7.05 Å². The topological polar surface area (TPSA) is 67.2 Å². The summed E-state index contributed by atoms with van der Waals surface area (Å²) in [7, 11) is 1.74. The first kappa shape index (κ1) is 12.9. The van der Waals surface area contributed by atoms with Crippen molar-refractivity contribution in [3.63, 3.8) is 0 Å². The highest BCUT2D eigenvalue weighted by Crippen LogP contribution is 2.24. The van der Waals surface area contributed by atoms with E-state index in [1.165, 1.54) is 12.1 Å². The second-order valence-corrected chi connectivity index (χ2v) is 4.11. The Kier molecular flexibility index (Phi) is 3.97. The molecule has 5 nitrogen and oxygen atoms in total. The Hall–Kier alpha value is -2.56. The highest BCUT2D eigenvalue weighted by atomic mass is 16.6. The Labute approximate surface area is 111 Å². The highest BCUT2D eigenvalue weighted by Gasteiger charge is 2.08. The molecule has 19 heavy (non-hydrogen) atoms. The van der Waals surface area contributed by atoms with Gasteiger partial charge in [0.05, 0.1) is 4.92 Å². The van der Waals surface area contributed by atoms with Crippen LogP contribution in [0.2, 0.25) is 0 Å². The van der Waals surface area contributed by atoms with Gasteiger partial charge in [0.15, 0.2) is 0 Å². The van der Waals surface area contributed by atoms with E-state index in [2.05, 4.69) is 10.6 Å². The molecular weight excluding hydrogens is 242 g/mol. The first-order valence-corrected chi connectivity index (χ1v) is 5.94. The molecule has 0 aromatic heterocycles. The molecule has 0 saturated carbocycles. The fourth-order valence-corrected chi connectivity index (χ4v) is 1.76. The van der Waals surface area contributed by atoms with Gasteiger partial charge in [0.25, 0.3) is 5.69 Å². The fourth-order valence-electron chi connectivity index (χ4n) is 1.76. The number of nitro benzene ring substituents is 1. The van der Waals surface area contributed by atoms with Crippen LogP contribution in [-0.2, 0) is 6.54 Å². The number of anilines is 2. The average Bonchev–Trinajstić information content (AvgIpc) is 2.45. The Morgan fingerprint density at radius 3 is 2.42 bits per heavy atom. The van der Waals surface area contributed by atoms with Crippen molar-refractivity contribution in [1.29, 1.82) is 0 Å². The van der Waals surface area contributed by atoms with Crippen molar-refractivity contribution in [2.75, 3.05) is 17.7 Å². The molecule has 0 heterocycles. The van der Waals surface area contributed by atoms with Crippen LogP contribution in [0.1, 0.15) is 5.56 Å². The van der Waals surface area contributed by atoms with Gasteiger partial charge >= 0.3 is 0 Å². The second kappa shape index (κ2) is 5.86. The van der Waals surface area contributed by atoms with Gasteiger partial charge in [0.1, 0.15) is 0 Å². The maximum Gasteiger partial charge on any atom is 0.273 e. The molecule has 0 aliphatic rings. The van der Waals surface area contributed by atoms with Gasteiger partial charge in [-0.15, -0.1) is 0 Å². The lowest BCUT2D eigenvalue weighted by Gasteiger charge is -2.08. The van der Waals surface area contributed by atoms with Crippen LogP contribution in [0, 0.1) is 10.1 Å². The van der Waals surface area contributed by atoms with Gasteiger partial charge in [0.2, 0.25) is 0 Å². The molecule has 0 bridgehead atoms. The van der Waals surface area contributed by atoms with Crippen molar-refractivity contribution in [2.45, 2.75) is 6.54 Å². The molecule has 2 aromatic rings. The van der Waals surface area contributed by atoms with Crippen molar-refractivity contribution in [3.05, 3.63) is 64.2 Å². The number of benzene rings is 2. The van der Waals surface area contributed by atoms with E-state index in [1.807, 2.05) is 36.4 Å². The minimum Gasteiger partial charge on any atom is -0.388 e. The zero-order valence-corrected chi connectivity index (χ0v) is 10.6. The lowest BCUT2D eigenvalue weighted by molar-refractivity contribution is -0.384. The summed E-state index contributed by atoms with van der Waals surface area (Å²) in [5.74, 6) is 0. The van der Waals surface area contributed by atoms with Gasteiger partial charge in [-0.1, -0.05) is 30.3 Å². The Morgan fingerprint density at radius 1 is 1.11 bits per heavy atom. The van der Waals surface area contributed by atoms with Gasteiger partial charge in [-0.25, -0.2) is 0 Å². The summed E-state index contributed by atoms with van der Waals surface area (Å²) >= 11 is 0. The van der Waals surface area contributed by atoms with E-state index in [-0.39, 0.29) is 5.69 Å². The minimum atomic E-state index is -0.394. The standard InChI is InChI=1S/C14H15N3O2/c1-15-12-7-13(9-14(8-12)17(18)19)16-10-11-5-3-2-4-6-11/h2-9,15-16H,10H2,1H3. The molecule has 98 valence electrons. The molecule has 0 unspecified atom stereocenters. The van der Waals surface area contributed by atoms with Gasteiger partial charge in [-0.2, -0.15) is 0 Å². The lowest BCUT2D eigenvalue weighted by Crippen LogP contribution is -2.01. The van der Waals surface area contributed by atoms with Crippen LogP contribution in [0.15, 0.2) is 48.5 Å². The molecule has 2 N–H and O–H groups in total. The molecule has 0 spiro atoms. The van der Waals surface area contributed by atoms with Gasteiger partial charge in [-0.05, 0) is 11.6 Å². The monoisotopic (exact) mass is 257 g/mol. The third-order valence-electron chi connectivity index (χ3n) is 2.76. The molecule has 2 aromatic carbocycles. The minimum absolute atomic E-state index is 0.0717. The molecule has 0 fully saturated rings. The molecule has 0 saturated heterocycles. The van der Waals surface area contributed by atoms with E-state index < -0.39 is 4.92 Å². The first-order chi connectivity index (χ1) is 9.19. The summed E-state index contributed by atoms with van der Waals surface area (Å²) in [4.78, 5) is 10.5. The van der Waals surface area contributed by atoms with E-state index in [4.69, 9.17) is 0 Å². The van der Waals surface area contributed by atoms with Crippen molar-refractivity contribution in [3.8, 4) is 0 Å². The van der Waals surface area contributed by atoms with Gasteiger partial charge in [0, 0.05) is 37.1 Å². The van der Waals surface area contributed by atoms with E-state index in [0.717, 1.165) is 11.3 Å². The summed E-state index contributed by atoms with van der Waals surface area (Å²) in [6.07, 6.45) is 0. The normalized spacial score (nSPS) is 9.95. The summed E-state index contributed by atoms with van der Waals surface area (Å²) in [5.41, 5.74) is 2.63. The number of nitrogens with zero attached hydrogens (tertiary/aromatic N) is 1. The molecule has 0 aliphatic carbocycles. The zero-order valence-electron chi connectivity index (χ0n) is 10.6. The Morgan fingerprint density at radius 2 is 1.79 bits per heavy atom. The van der Waals surface area contributed by atoms with Crippen LogP contribution in [-0.4, -0.2) is 12.0 Å². The predicted molar refractivity (Wildman–Crippen MR) is 76.4 cm³/mol. The molecule has 0 atom stereocenters. The number of rotatable bonds is 5. The van der Waals surface area contributed by atoms with E-state index >= 15 is 0 Å². The molecular formula is C14H15N3O2. The second-order valence-electron chi connectivity index (χ2n) is 4.11. The SMILES string of the molecule is CNc1cc(NCc2ccccc2)cc([N+](=O)[O-])c1. The smallest absolute Gasteiger partial charge is 0.273 e. The summed E-state index contributed by atoms with van der Waals surface area (Å²) < 4.78 is 0. The molecule has 5 heteroatoms. The molecule has 0 amide bonds. The summed E-state index contributed by atoms with van der Waals surface area (Å²) in [6, 6.07) is 14.8. The largest absolute Gasteiger partial charge is 0.388 e. The number of nitro groups is 1. The maximum absolute atomic E-state index is 10.8. The van der Waals surface area contributed by atoms with Crippen molar-refractivity contribution in [2.24, 2.45) is 0 Å². The number of hydrogen-bond donors (Lipinski definition) is 2. The number of hydrogen-bond acceptors (Lipinski definition) is 4. The van der Waals surface area contributed by atoms with Crippen LogP contribution in [0.5, 0.6) is 0 Å². The van der Waals surface area contributed by atoms with E-state index in [9.17, 15) is 10.1 Å². The average molecular weight is 257 g/mol.